The smallest absolute Gasteiger partial charge is 0.450 e. The Morgan fingerprint density at radius 3 is 2.28 bits per heavy atom. The number of hydrogen-bond acceptors (Lipinski definition) is 5. The van der Waals surface area contributed by atoms with Gasteiger partial charge in [0.25, 0.3) is 0 Å². The van der Waals surface area contributed by atoms with E-state index < -0.39 is 14.9 Å². The van der Waals surface area contributed by atoms with Gasteiger partial charge < -0.3 is 23.3 Å². The van der Waals surface area contributed by atoms with Gasteiger partial charge in [-0.15, -0.1) is 11.6 Å². The first-order valence-electron chi connectivity index (χ1n) is 5.76. The van der Waals surface area contributed by atoms with E-state index in [4.69, 9.17) is 29.6 Å². The van der Waals surface area contributed by atoms with Gasteiger partial charge in [-0.1, -0.05) is 0 Å². The van der Waals surface area contributed by atoms with Gasteiger partial charge in [0.05, 0.1) is 6.61 Å². The van der Waals surface area contributed by atoms with Gasteiger partial charge >= 0.3 is 14.9 Å². The first kappa shape index (κ1) is 17.7. The maximum atomic E-state index is 11.2. The highest BCUT2D eigenvalue weighted by molar-refractivity contribution is 6.60. The molecule has 1 N–H and O–H groups in total. The van der Waals surface area contributed by atoms with Crippen LogP contribution in [0.1, 0.15) is 12.8 Å². The average Bonchev–Trinajstić information content (AvgIpc) is 2.40. The summed E-state index contributed by atoms with van der Waals surface area (Å²) in [5.74, 6) is 0.483. The van der Waals surface area contributed by atoms with Crippen molar-refractivity contribution in [1.29, 1.82) is 0 Å². The molecule has 0 unspecified atom stereocenters. The van der Waals surface area contributed by atoms with Crippen LogP contribution in [0.4, 0.5) is 4.79 Å². The molecule has 108 valence electrons. The van der Waals surface area contributed by atoms with Gasteiger partial charge in [0.2, 0.25) is 0 Å². The van der Waals surface area contributed by atoms with E-state index in [0.29, 0.717) is 37.9 Å². The zero-order valence-corrected chi connectivity index (χ0v) is 12.9. The summed E-state index contributed by atoms with van der Waals surface area (Å²) in [5, 5.41) is 2.64. The number of halogens is 1. The molecule has 0 aromatic carbocycles. The highest BCUT2D eigenvalue weighted by atomic mass is 35.5. The molecule has 0 heterocycles. The number of carbonyl (C=O) groups is 1. The molecular formula is C10H22ClNO5Si. The molecule has 8 heteroatoms. The summed E-state index contributed by atoms with van der Waals surface area (Å²) in [5.41, 5.74) is 0. The van der Waals surface area contributed by atoms with Crippen LogP contribution in [0, 0.1) is 0 Å². The molecule has 1 amide bonds. The van der Waals surface area contributed by atoms with Crippen LogP contribution < -0.4 is 5.32 Å². The lowest BCUT2D eigenvalue weighted by Gasteiger charge is -2.24. The Hall–Kier alpha value is -0.343. The van der Waals surface area contributed by atoms with E-state index in [1.165, 1.54) is 0 Å². The minimum Gasteiger partial charge on any atom is -0.450 e. The van der Waals surface area contributed by atoms with E-state index in [0.717, 1.165) is 0 Å². The van der Waals surface area contributed by atoms with Gasteiger partial charge in [0.15, 0.2) is 0 Å². The summed E-state index contributed by atoms with van der Waals surface area (Å²) < 4.78 is 20.7. The predicted molar refractivity (Wildman–Crippen MR) is 70.9 cm³/mol. The van der Waals surface area contributed by atoms with Crippen LogP contribution in [0.25, 0.3) is 0 Å². The van der Waals surface area contributed by atoms with Crippen LogP contribution in [0.15, 0.2) is 0 Å². The molecule has 0 saturated heterocycles. The van der Waals surface area contributed by atoms with E-state index >= 15 is 0 Å². The minimum atomic E-state index is -2.53. The van der Waals surface area contributed by atoms with E-state index in [-0.39, 0.29) is 0 Å². The van der Waals surface area contributed by atoms with Crippen LogP contribution in [0.2, 0.25) is 6.04 Å². The largest absolute Gasteiger partial charge is 0.500 e. The van der Waals surface area contributed by atoms with Crippen molar-refractivity contribution in [3.05, 3.63) is 0 Å². The summed E-state index contributed by atoms with van der Waals surface area (Å²) in [6.07, 6.45) is 0.925. The Bertz CT molecular complexity index is 220. The molecule has 0 bridgehead atoms. The highest BCUT2D eigenvalue weighted by Crippen LogP contribution is 2.14. The Kier molecular flexibility index (Phi) is 10.4. The number of rotatable bonds is 10. The van der Waals surface area contributed by atoms with Crippen molar-refractivity contribution in [3.8, 4) is 0 Å². The number of alkyl halides is 1. The third-order valence-corrected chi connectivity index (χ3v) is 5.47. The van der Waals surface area contributed by atoms with Crippen molar-refractivity contribution in [1.82, 2.24) is 5.32 Å². The molecule has 6 nitrogen and oxygen atoms in total. The Labute approximate surface area is 114 Å². The summed E-state index contributed by atoms with van der Waals surface area (Å²) in [7, 11) is 2.16. The Morgan fingerprint density at radius 1 is 1.17 bits per heavy atom. The molecule has 0 aliphatic rings. The quantitative estimate of drug-likeness (QED) is 0.377. The highest BCUT2D eigenvalue weighted by Gasteiger charge is 2.36. The number of carbonyl (C=O) groups excluding carboxylic acids is 1. The molecule has 18 heavy (non-hydrogen) atoms. The summed E-state index contributed by atoms with van der Waals surface area (Å²) >= 11 is 5.46. The van der Waals surface area contributed by atoms with Crippen molar-refractivity contribution in [3.63, 3.8) is 0 Å². The summed E-state index contributed by atoms with van der Waals surface area (Å²) in [6.45, 7) is 0.826. The van der Waals surface area contributed by atoms with Gasteiger partial charge in [-0.3, -0.25) is 0 Å². The van der Waals surface area contributed by atoms with Crippen LogP contribution in [-0.4, -0.2) is 55.3 Å². The van der Waals surface area contributed by atoms with Crippen LogP contribution >= 0.6 is 11.6 Å². The van der Waals surface area contributed by atoms with E-state index in [1.807, 2.05) is 0 Å². The molecule has 0 radical (unpaired) electrons. The van der Waals surface area contributed by atoms with Crippen molar-refractivity contribution in [2.24, 2.45) is 0 Å². The maximum absolute atomic E-state index is 11.2. The van der Waals surface area contributed by atoms with E-state index in [9.17, 15) is 4.79 Å². The first-order valence-corrected chi connectivity index (χ1v) is 8.22. The first-order chi connectivity index (χ1) is 8.64. The standard InChI is InChI=1S/C10H22ClNO5Si/c1-14-18(15-2,16-3)9-5-7-12-10(13)17-8-4-6-11/h4-9H2,1-3H3,(H,12,13). The monoisotopic (exact) mass is 299 g/mol. The van der Waals surface area contributed by atoms with Gasteiger partial charge in [-0.25, -0.2) is 4.79 Å². The van der Waals surface area contributed by atoms with Gasteiger partial charge in [0.1, 0.15) is 0 Å². The molecule has 0 aliphatic carbocycles. The normalized spacial score (nSPS) is 11.3. The second-order valence-corrected chi connectivity index (χ2v) is 6.97. The SMILES string of the molecule is CO[Si](CCCNC(=O)OCCCCl)(OC)OC. The topological polar surface area (TPSA) is 66.0 Å². The van der Waals surface area contributed by atoms with Gasteiger partial charge in [-0.2, -0.15) is 0 Å². The zero-order chi connectivity index (χ0) is 13.9. The number of nitrogens with one attached hydrogen (secondary N) is 1. The second-order valence-electron chi connectivity index (χ2n) is 3.50. The Balaban J connectivity index is 3.68. The molecule has 0 spiro atoms. The van der Waals surface area contributed by atoms with Crippen molar-refractivity contribution in [2.45, 2.75) is 18.9 Å². The second kappa shape index (κ2) is 10.6. The summed E-state index contributed by atoms with van der Waals surface area (Å²) in [4.78, 5) is 11.2. The Morgan fingerprint density at radius 2 is 1.78 bits per heavy atom. The van der Waals surface area contributed by atoms with E-state index in [1.54, 1.807) is 21.3 Å². The molecule has 0 atom stereocenters. The molecule has 0 saturated carbocycles. The van der Waals surface area contributed by atoms with Crippen molar-refractivity contribution in [2.75, 3.05) is 40.4 Å². The van der Waals surface area contributed by atoms with E-state index in [2.05, 4.69) is 5.32 Å². The zero-order valence-electron chi connectivity index (χ0n) is 11.2. The third kappa shape index (κ3) is 7.17. The fourth-order valence-corrected chi connectivity index (χ4v) is 3.15. The molecule has 0 rings (SSSR count). The van der Waals surface area contributed by atoms with Crippen LogP contribution in [-0.2, 0) is 18.0 Å². The fraction of sp³-hybridized carbons (Fsp3) is 0.900. The lowest BCUT2D eigenvalue weighted by atomic mass is 10.5. The van der Waals surface area contributed by atoms with Gasteiger partial charge in [0, 0.05) is 39.8 Å². The van der Waals surface area contributed by atoms with Crippen LogP contribution in [0.5, 0.6) is 0 Å². The minimum absolute atomic E-state index is 0.336. The number of hydrogen-bond donors (Lipinski definition) is 1. The predicted octanol–water partition coefficient (Wildman–Crippen LogP) is 1.61. The van der Waals surface area contributed by atoms with Crippen molar-refractivity contribution >= 4 is 26.5 Å². The summed E-state index contributed by atoms with van der Waals surface area (Å²) in [6, 6.07) is 0.637. The van der Waals surface area contributed by atoms with Crippen molar-refractivity contribution < 1.29 is 22.8 Å². The molecule has 0 aliphatic heterocycles. The lowest BCUT2D eigenvalue weighted by Crippen LogP contribution is -2.43. The average molecular weight is 300 g/mol. The molecule has 0 fully saturated rings. The maximum Gasteiger partial charge on any atom is 0.500 e. The van der Waals surface area contributed by atoms with Gasteiger partial charge in [-0.05, 0) is 12.8 Å². The number of amides is 1. The number of alkyl carbamates (subject to hydrolysis) is 1. The molecule has 0 aromatic rings. The molecular weight excluding hydrogens is 278 g/mol. The number of ether oxygens (including phenoxy) is 1. The molecule has 0 aromatic heterocycles. The lowest BCUT2D eigenvalue weighted by molar-refractivity contribution is 0.122. The van der Waals surface area contributed by atoms with Crippen LogP contribution in [0.3, 0.4) is 0 Å². The third-order valence-electron chi connectivity index (χ3n) is 2.37. The fourth-order valence-electron chi connectivity index (χ4n) is 1.32.